The minimum absolute atomic E-state index is 0.0460. The number of hydrogen-bond acceptors (Lipinski definition) is 5. The van der Waals surface area contributed by atoms with Crippen molar-refractivity contribution in [1.29, 1.82) is 0 Å². The minimum atomic E-state index is -0.433. The molecular weight excluding hydrogens is 320 g/mol. The van der Waals surface area contributed by atoms with Crippen molar-refractivity contribution in [2.75, 3.05) is 7.05 Å². The molecule has 1 aliphatic rings. The standard InChI is InChI=1S/C14H15ClN6O2/c1-20-11(22)5-9(13(20)10-3-4-18-21(10)2)19-14(23)12-8(15)6-16-7-17-12/h3-4,6-7,9,13H,5H2,1-2H3,(H,19,23)/t9-,13-/m1/s1. The average molecular weight is 335 g/mol. The number of aromatic nitrogens is 4. The fraction of sp³-hybridized carbons (Fsp3) is 0.357. The summed E-state index contributed by atoms with van der Waals surface area (Å²) < 4.78 is 1.69. The molecule has 3 rings (SSSR count). The molecule has 9 heteroatoms. The number of rotatable bonds is 3. The van der Waals surface area contributed by atoms with Gasteiger partial charge in [-0.05, 0) is 6.07 Å². The van der Waals surface area contributed by atoms with Crippen molar-refractivity contribution < 1.29 is 9.59 Å². The van der Waals surface area contributed by atoms with E-state index in [1.54, 1.807) is 29.9 Å². The Hall–Kier alpha value is -2.48. The van der Waals surface area contributed by atoms with Crippen LogP contribution in [0.5, 0.6) is 0 Å². The van der Waals surface area contributed by atoms with Crippen LogP contribution in [0.2, 0.25) is 5.02 Å². The molecule has 1 N–H and O–H groups in total. The van der Waals surface area contributed by atoms with E-state index in [0.29, 0.717) is 0 Å². The topological polar surface area (TPSA) is 93.0 Å². The van der Waals surface area contributed by atoms with Crippen LogP contribution in [0.4, 0.5) is 0 Å². The molecule has 120 valence electrons. The SMILES string of the molecule is CN1C(=O)C[C@@H](NC(=O)c2ncncc2Cl)[C@@H]1c1ccnn1C. The quantitative estimate of drug-likeness (QED) is 0.885. The molecule has 2 atom stereocenters. The Morgan fingerprint density at radius 2 is 2.22 bits per heavy atom. The highest BCUT2D eigenvalue weighted by Gasteiger charge is 2.41. The minimum Gasteiger partial charge on any atom is -0.345 e. The van der Waals surface area contributed by atoms with E-state index in [0.717, 1.165) is 5.69 Å². The van der Waals surface area contributed by atoms with E-state index >= 15 is 0 Å². The molecule has 0 aromatic carbocycles. The molecule has 0 unspecified atom stereocenters. The number of halogens is 1. The summed E-state index contributed by atoms with van der Waals surface area (Å²) in [5.41, 5.74) is 0.935. The van der Waals surface area contributed by atoms with Crippen LogP contribution < -0.4 is 5.32 Å². The number of likely N-dealkylation sites (tertiary alicyclic amines) is 1. The first kappa shape index (κ1) is 15.4. The van der Waals surface area contributed by atoms with Crippen LogP contribution in [0.25, 0.3) is 0 Å². The smallest absolute Gasteiger partial charge is 0.271 e. The van der Waals surface area contributed by atoms with E-state index in [4.69, 9.17) is 11.6 Å². The second kappa shape index (κ2) is 5.96. The molecule has 1 aliphatic heterocycles. The first-order valence-corrected chi connectivity index (χ1v) is 7.36. The highest BCUT2D eigenvalue weighted by molar-refractivity contribution is 6.33. The van der Waals surface area contributed by atoms with Crippen LogP contribution in [0.15, 0.2) is 24.8 Å². The molecule has 0 saturated carbocycles. The Labute approximate surface area is 137 Å². The summed E-state index contributed by atoms with van der Waals surface area (Å²) in [6.07, 6.45) is 4.48. The van der Waals surface area contributed by atoms with Crippen LogP contribution in [-0.4, -0.2) is 49.6 Å². The number of carbonyl (C=O) groups is 2. The largest absolute Gasteiger partial charge is 0.345 e. The van der Waals surface area contributed by atoms with E-state index in [-0.39, 0.29) is 35.1 Å². The Balaban J connectivity index is 1.86. The van der Waals surface area contributed by atoms with Crippen LogP contribution >= 0.6 is 11.6 Å². The lowest BCUT2D eigenvalue weighted by Gasteiger charge is -2.25. The summed E-state index contributed by atoms with van der Waals surface area (Å²) in [5, 5.41) is 7.14. The zero-order valence-corrected chi connectivity index (χ0v) is 13.4. The number of aryl methyl sites for hydroxylation is 1. The van der Waals surface area contributed by atoms with Crippen molar-refractivity contribution >= 4 is 23.4 Å². The molecule has 2 amide bonds. The van der Waals surface area contributed by atoms with Crippen molar-refractivity contribution in [3.05, 3.63) is 41.2 Å². The Kier molecular flexibility index (Phi) is 3.99. The third-order valence-corrected chi connectivity index (χ3v) is 4.22. The predicted octanol–water partition coefficient (Wildman–Crippen LogP) is 0.565. The van der Waals surface area contributed by atoms with Crippen LogP contribution in [0.3, 0.4) is 0 Å². The lowest BCUT2D eigenvalue weighted by molar-refractivity contribution is -0.127. The number of likely N-dealkylation sites (N-methyl/N-ethyl adjacent to an activating group) is 1. The van der Waals surface area contributed by atoms with Crippen molar-refractivity contribution in [3.63, 3.8) is 0 Å². The van der Waals surface area contributed by atoms with Crippen molar-refractivity contribution in [3.8, 4) is 0 Å². The highest BCUT2D eigenvalue weighted by Crippen LogP contribution is 2.31. The van der Waals surface area contributed by atoms with Gasteiger partial charge in [0.05, 0.1) is 22.8 Å². The van der Waals surface area contributed by atoms with Gasteiger partial charge in [-0.3, -0.25) is 14.3 Å². The number of amides is 2. The van der Waals surface area contributed by atoms with Crippen LogP contribution in [0, 0.1) is 0 Å². The molecular formula is C14H15ClN6O2. The van der Waals surface area contributed by atoms with Gasteiger partial charge in [0.15, 0.2) is 0 Å². The van der Waals surface area contributed by atoms with Gasteiger partial charge >= 0.3 is 0 Å². The van der Waals surface area contributed by atoms with Gasteiger partial charge in [-0.2, -0.15) is 5.10 Å². The monoisotopic (exact) mass is 334 g/mol. The summed E-state index contributed by atoms with van der Waals surface area (Å²) in [7, 11) is 3.51. The number of nitrogens with zero attached hydrogens (tertiary/aromatic N) is 5. The maximum Gasteiger partial charge on any atom is 0.271 e. The fourth-order valence-electron chi connectivity index (χ4n) is 2.79. The van der Waals surface area contributed by atoms with Crippen LogP contribution in [0.1, 0.15) is 28.6 Å². The molecule has 0 bridgehead atoms. The zero-order chi connectivity index (χ0) is 16.6. The van der Waals surface area contributed by atoms with Gasteiger partial charge in [0, 0.05) is 32.9 Å². The van der Waals surface area contributed by atoms with Gasteiger partial charge in [0.1, 0.15) is 12.0 Å². The third-order valence-electron chi connectivity index (χ3n) is 3.95. The van der Waals surface area contributed by atoms with Crippen molar-refractivity contribution in [2.45, 2.75) is 18.5 Å². The third kappa shape index (κ3) is 2.77. The number of nitrogens with one attached hydrogen (secondary N) is 1. The predicted molar refractivity (Wildman–Crippen MR) is 81.6 cm³/mol. The number of carbonyl (C=O) groups excluding carboxylic acids is 2. The first-order chi connectivity index (χ1) is 11.0. The maximum atomic E-state index is 12.4. The van der Waals surface area contributed by atoms with Gasteiger partial charge < -0.3 is 10.2 Å². The molecule has 0 radical (unpaired) electrons. The van der Waals surface area contributed by atoms with Gasteiger partial charge in [0.25, 0.3) is 5.91 Å². The molecule has 23 heavy (non-hydrogen) atoms. The first-order valence-electron chi connectivity index (χ1n) is 6.99. The summed E-state index contributed by atoms with van der Waals surface area (Å²) in [5.74, 6) is -0.479. The van der Waals surface area contributed by atoms with E-state index in [1.807, 2.05) is 6.07 Å². The summed E-state index contributed by atoms with van der Waals surface area (Å²) in [6, 6.07) is 1.15. The number of hydrogen-bond donors (Lipinski definition) is 1. The van der Waals surface area contributed by atoms with Gasteiger partial charge in [0.2, 0.25) is 5.91 Å². The molecule has 8 nitrogen and oxygen atoms in total. The molecule has 3 heterocycles. The summed E-state index contributed by atoms with van der Waals surface area (Å²) in [6.45, 7) is 0. The average Bonchev–Trinajstić information content (AvgIpc) is 3.04. The Morgan fingerprint density at radius 1 is 1.43 bits per heavy atom. The highest BCUT2D eigenvalue weighted by atomic mass is 35.5. The summed E-state index contributed by atoms with van der Waals surface area (Å²) >= 11 is 5.95. The lowest BCUT2D eigenvalue weighted by atomic mass is 10.1. The van der Waals surface area contributed by atoms with E-state index in [2.05, 4.69) is 20.4 Å². The molecule has 0 aliphatic carbocycles. The zero-order valence-electron chi connectivity index (χ0n) is 12.6. The van der Waals surface area contributed by atoms with E-state index in [1.165, 1.54) is 12.5 Å². The van der Waals surface area contributed by atoms with E-state index in [9.17, 15) is 9.59 Å². The van der Waals surface area contributed by atoms with Gasteiger partial charge in [-0.25, -0.2) is 9.97 Å². The lowest BCUT2D eigenvalue weighted by Crippen LogP contribution is -2.40. The molecule has 1 saturated heterocycles. The molecule has 0 spiro atoms. The fourth-order valence-corrected chi connectivity index (χ4v) is 2.98. The second-order valence-electron chi connectivity index (χ2n) is 5.33. The molecule has 2 aromatic heterocycles. The Bertz CT molecular complexity index is 761. The summed E-state index contributed by atoms with van der Waals surface area (Å²) in [4.78, 5) is 33.7. The maximum absolute atomic E-state index is 12.4. The molecule has 1 fully saturated rings. The van der Waals surface area contributed by atoms with E-state index < -0.39 is 5.91 Å². The Morgan fingerprint density at radius 3 is 2.87 bits per heavy atom. The van der Waals surface area contributed by atoms with Crippen molar-refractivity contribution in [1.82, 2.24) is 30.0 Å². The van der Waals surface area contributed by atoms with Crippen LogP contribution in [-0.2, 0) is 11.8 Å². The normalized spacial score (nSPS) is 20.8. The molecule has 2 aromatic rings. The second-order valence-corrected chi connectivity index (χ2v) is 5.74. The van der Waals surface area contributed by atoms with Crippen molar-refractivity contribution in [2.24, 2.45) is 7.05 Å². The van der Waals surface area contributed by atoms with Gasteiger partial charge in [-0.1, -0.05) is 11.6 Å². The van der Waals surface area contributed by atoms with Gasteiger partial charge in [-0.15, -0.1) is 0 Å².